The van der Waals surface area contributed by atoms with Crippen LogP contribution < -0.4 is 10.0 Å². The van der Waals surface area contributed by atoms with E-state index in [1.807, 2.05) is 0 Å². The smallest absolute Gasteiger partial charge is 0.241 e. The van der Waals surface area contributed by atoms with Gasteiger partial charge < -0.3 is 5.32 Å². The van der Waals surface area contributed by atoms with Crippen LogP contribution in [0, 0.1) is 0 Å². The molecule has 1 aliphatic rings. The fourth-order valence-electron chi connectivity index (χ4n) is 1.75. The molecule has 1 heterocycles. The van der Waals surface area contributed by atoms with E-state index in [9.17, 15) is 13.2 Å². The Kier molecular flexibility index (Phi) is 4.04. The van der Waals surface area contributed by atoms with Crippen LogP contribution in [0.2, 0.25) is 0 Å². The van der Waals surface area contributed by atoms with Gasteiger partial charge in [0.25, 0.3) is 0 Å². The molecule has 0 bridgehead atoms. The molecule has 7 heteroatoms. The maximum atomic E-state index is 12.1. The van der Waals surface area contributed by atoms with Crippen LogP contribution in [0.3, 0.4) is 0 Å². The number of hydrogen-bond donors (Lipinski definition) is 2. The van der Waals surface area contributed by atoms with E-state index in [-0.39, 0.29) is 10.8 Å². The maximum absolute atomic E-state index is 12.1. The molecule has 1 aromatic carbocycles. The highest BCUT2D eigenvalue weighted by atomic mass is 79.9. The second-order valence-corrected chi connectivity index (χ2v) is 6.69. The van der Waals surface area contributed by atoms with Gasteiger partial charge in [0.2, 0.25) is 15.9 Å². The van der Waals surface area contributed by atoms with Gasteiger partial charge in [0.05, 0.1) is 4.90 Å². The lowest BCUT2D eigenvalue weighted by Crippen LogP contribution is -2.50. The lowest BCUT2D eigenvalue weighted by Gasteiger charge is -2.22. The van der Waals surface area contributed by atoms with Crippen LogP contribution >= 0.6 is 15.9 Å². The summed E-state index contributed by atoms with van der Waals surface area (Å²) < 4.78 is 27.3. The van der Waals surface area contributed by atoms with Gasteiger partial charge >= 0.3 is 0 Å². The number of piperidine rings is 1. The fourth-order valence-corrected chi connectivity index (χ4v) is 3.25. The standard InChI is InChI=1S/C11H13BrN2O3S/c12-8-3-5-9(6-4-8)18(16,17)14-10-2-1-7-13-11(10)15/h3-6,10,14H,1-2,7H2,(H,13,15). The molecular formula is C11H13BrN2O3S. The Labute approximate surface area is 114 Å². The average Bonchev–Trinajstić information content (AvgIpc) is 2.32. The number of hydrogen-bond acceptors (Lipinski definition) is 3. The summed E-state index contributed by atoms with van der Waals surface area (Å²) in [5.41, 5.74) is 0. The zero-order chi connectivity index (χ0) is 13.2. The number of benzene rings is 1. The molecule has 0 aliphatic carbocycles. The monoisotopic (exact) mass is 332 g/mol. The second-order valence-electron chi connectivity index (χ2n) is 4.06. The molecule has 2 rings (SSSR count). The summed E-state index contributed by atoms with van der Waals surface area (Å²) in [4.78, 5) is 11.7. The number of nitrogens with one attached hydrogen (secondary N) is 2. The first kappa shape index (κ1) is 13.5. The highest BCUT2D eigenvalue weighted by Crippen LogP contribution is 2.16. The number of halogens is 1. The van der Waals surface area contributed by atoms with E-state index < -0.39 is 16.1 Å². The third-order valence-electron chi connectivity index (χ3n) is 2.71. The number of carbonyl (C=O) groups is 1. The SMILES string of the molecule is O=C1NCCCC1NS(=O)(=O)c1ccc(Br)cc1. The van der Waals surface area contributed by atoms with E-state index in [0.29, 0.717) is 13.0 Å². The summed E-state index contributed by atoms with van der Waals surface area (Å²) in [7, 11) is -3.64. The van der Waals surface area contributed by atoms with Gasteiger partial charge in [-0.25, -0.2) is 8.42 Å². The highest BCUT2D eigenvalue weighted by molar-refractivity contribution is 9.10. The second kappa shape index (κ2) is 5.38. The molecule has 1 fully saturated rings. The van der Waals surface area contributed by atoms with Crippen molar-refractivity contribution in [3.8, 4) is 0 Å². The molecule has 1 atom stereocenters. The van der Waals surface area contributed by atoms with Gasteiger partial charge in [0.1, 0.15) is 6.04 Å². The quantitative estimate of drug-likeness (QED) is 0.867. The van der Waals surface area contributed by atoms with Crippen molar-refractivity contribution in [1.82, 2.24) is 10.0 Å². The van der Waals surface area contributed by atoms with E-state index in [0.717, 1.165) is 10.9 Å². The largest absolute Gasteiger partial charge is 0.355 e. The van der Waals surface area contributed by atoms with Gasteiger partial charge in [-0.2, -0.15) is 4.72 Å². The molecular weight excluding hydrogens is 320 g/mol. The number of amides is 1. The Morgan fingerprint density at radius 2 is 1.94 bits per heavy atom. The van der Waals surface area contributed by atoms with Gasteiger partial charge in [0, 0.05) is 11.0 Å². The molecule has 0 aromatic heterocycles. The number of sulfonamides is 1. The topological polar surface area (TPSA) is 75.3 Å². The molecule has 1 unspecified atom stereocenters. The predicted octanol–water partition coefficient (Wildman–Crippen LogP) is 1.01. The Balaban J connectivity index is 2.16. The van der Waals surface area contributed by atoms with E-state index in [1.165, 1.54) is 12.1 Å². The Hall–Kier alpha value is -0.920. The van der Waals surface area contributed by atoms with Crippen LogP contribution in [0.5, 0.6) is 0 Å². The van der Waals surface area contributed by atoms with Gasteiger partial charge in [0.15, 0.2) is 0 Å². The fraction of sp³-hybridized carbons (Fsp3) is 0.364. The van der Waals surface area contributed by atoms with Crippen LogP contribution in [0.15, 0.2) is 33.6 Å². The number of rotatable bonds is 3. The molecule has 1 aromatic rings. The van der Waals surface area contributed by atoms with Crippen LogP contribution in [-0.2, 0) is 14.8 Å². The first-order chi connectivity index (χ1) is 8.49. The lowest BCUT2D eigenvalue weighted by atomic mass is 10.1. The minimum atomic E-state index is -3.64. The molecule has 0 radical (unpaired) electrons. The normalized spacial score (nSPS) is 20.5. The summed E-state index contributed by atoms with van der Waals surface area (Å²) in [6, 6.07) is 5.61. The van der Waals surface area contributed by atoms with Crippen molar-refractivity contribution in [2.45, 2.75) is 23.8 Å². The Morgan fingerprint density at radius 3 is 2.56 bits per heavy atom. The molecule has 0 spiro atoms. The molecule has 5 nitrogen and oxygen atoms in total. The van der Waals surface area contributed by atoms with Crippen molar-refractivity contribution in [2.24, 2.45) is 0 Å². The summed E-state index contributed by atoms with van der Waals surface area (Å²) >= 11 is 3.24. The van der Waals surface area contributed by atoms with E-state index in [4.69, 9.17) is 0 Å². The molecule has 1 saturated heterocycles. The van der Waals surface area contributed by atoms with Crippen molar-refractivity contribution in [3.63, 3.8) is 0 Å². The first-order valence-electron chi connectivity index (χ1n) is 5.55. The highest BCUT2D eigenvalue weighted by Gasteiger charge is 2.27. The Bertz CT molecular complexity index is 542. The van der Waals surface area contributed by atoms with E-state index >= 15 is 0 Å². The van der Waals surface area contributed by atoms with E-state index in [2.05, 4.69) is 26.0 Å². The average molecular weight is 333 g/mol. The first-order valence-corrected chi connectivity index (χ1v) is 7.82. The minimum Gasteiger partial charge on any atom is -0.355 e. The molecule has 1 aliphatic heterocycles. The van der Waals surface area contributed by atoms with Gasteiger partial charge in [-0.05, 0) is 37.1 Å². The molecule has 98 valence electrons. The maximum Gasteiger partial charge on any atom is 0.241 e. The lowest BCUT2D eigenvalue weighted by molar-refractivity contribution is -0.124. The number of carbonyl (C=O) groups excluding carboxylic acids is 1. The van der Waals surface area contributed by atoms with Crippen LogP contribution in [0.25, 0.3) is 0 Å². The molecule has 18 heavy (non-hydrogen) atoms. The summed E-state index contributed by atoms with van der Waals surface area (Å²) in [5.74, 6) is -0.262. The van der Waals surface area contributed by atoms with E-state index in [1.54, 1.807) is 12.1 Å². The summed E-state index contributed by atoms with van der Waals surface area (Å²) in [6.45, 7) is 0.606. The van der Waals surface area contributed by atoms with Crippen molar-refractivity contribution in [2.75, 3.05) is 6.54 Å². The minimum absolute atomic E-state index is 0.157. The van der Waals surface area contributed by atoms with Crippen molar-refractivity contribution in [3.05, 3.63) is 28.7 Å². The van der Waals surface area contributed by atoms with Gasteiger partial charge in [-0.1, -0.05) is 15.9 Å². The van der Waals surface area contributed by atoms with Crippen molar-refractivity contribution >= 4 is 31.9 Å². The van der Waals surface area contributed by atoms with Crippen LogP contribution in [0.1, 0.15) is 12.8 Å². The third-order valence-corrected chi connectivity index (χ3v) is 4.72. The van der Waals surface area contributed by atoms with Crippen molar-refractivity contribution in [1.29, 1.82) is 0 Å². The zero-order valence-electron chi connectivity index (χ0n) is 9.52. The zero-order valence-corrected chi connectivity index (χ0v) is 11.9. The molecule has 0 saturated carbocycles. The Morgan fingerprint density at radius 1 is 1.28 bits per heavy atom. The van der Waals surface area contributed by atoms with Gasteiger partial charge in [-0.3, -0.25) is 4.79 Å². The molecule has 2 N–H and O–H groups in total. The van der Waals surface area contributed by atoms with Crippen LogP contribution in [-0.4, -0.2) is 26.9 Å². The molecule has 1 amide bonds. The van der Waals surface area contributed by atoms with Crippen molar-refractivity contribution < 1.29 is 13.2 Å². The summed E-state index contributed by atoms with van der Waals surface area (Å²) in [5, 5.41) is 2.64. The van der Waals surface area contributed by atoms with Gasteiger partial charge in [-0.15, -0.1) is 0 Å². The van der Waals surface area contributed by atoms with Crippen LogP contribution in [0.4, 0.5) is 0 Å². The summed E-state index contributed by atoms with van der Waals surface area (Å²) in [6.07, 6.45) is 1.31. The predicted molar refractivity (Wildman–Crippen MR) is 70.5 cm³/mol. The third kappa shape index (κ3) is 3.09.